The van der Waals surface area contributed by atoms with Crippen molar-refractivity contribution in [2.75, 3.05) is 14.1 Å². The summed E-state index contributed by atoms with van der Waals surface area (Å²) in [5.41, 5.74) is 0.284. The number of carbonyl (C=O) groups excluding carboxylic acids is 1. The highest BCUT2D eigenvalue weighted by atomic mass is 16.4. The molecule has 0 rings (SSSR count). The van der Waals surface area contributed by atoms with Gasteiger partial charge in [-0.15, -0.1) is 0 Å². The highest BCUT2D eigenvalue weighted by molar-refractivity contribution is 5.83. The maximum absolute atomic E-state index is 10.3. The SMILES string of the molecule is C/C(=C\C(C)N(C)C)C(=O)[O-]. The fourth-order valence-corrected chi connectivity index (χ4v) is 0.579. The molecular weight excluding hydrogens is 142 g/mol. The van der Waals surface area contributed by atoms with Crippen LogP contribution < -0.4 is 5.11 Å². The third kappa shape index (κ3) is 3.78. The molecule has 0 saturated carbocycles. The number of hydrogen-bond acceptors (Lipinski definition) is 3. The van der Waals surface area contributed by atoms with Crippen molar-refractivity contribution in [1.82, 2.24) is 4.90 Å². The molecule has 0 aromatic carbocycles. The number of aliphatic carboxylic acids is 1. The van der Waals surface area contributed by atoms with Crippen molar-refractivity contribution < 1.29 is 9.90 Å². The second-order valence-electron chi connectivity index (χ2n) is 2.84. The number of rotatable bonds is 3. The first-order valence-corrected chi connectivity index (χ1v) is 3.51. The summed E-state index contributed by atoms with van der Waals surface area (Å²) in [5, 5.41) is 10.3. The average molecular weight is 156 g/mol. The molecule has 0 aliphatic heterocycles. The molecule has 1 atom stereocenters. The molecule has 0 fully saturated rings. The van der Waals surface area contributed by atoms with Gasteiger partial charge in [0.25, 0.3) is 0 Å². The van der Waals surface area contributed by atoms with Gasteiger partial charge in [-0.1, -0.05) is 6.08 Å². The molecule has 0 amide bonds. The Morgan fingerprint density at radius 3 is 2.27 bits per heavy atom. The van der Waals surface area contributed by atoms with Crippen LogP contribution in [0.3, 0.4) is 0 Å². The number of carboxylic acid groups (broad SMARTS) is 1. The highest BCUT2D eigenvalue weighted by Crippen LogP contribution is 1.98. The Kier molecular flexibility index (Phi) is 3.82. The van der Waals surface area contributed by atoms with Crippen molar-refractivity contribution in [1.29, 1.82) is 0 Å². The summed E-state index contributed by atoms with van der Waals surface area (Å²) < 4.78 is 0. The van der Waals surface area contributed by atoms with Gasteiger partial charge in [-0.2, -0.15) is 0 Å². The van der Waals surface area contributed by atoms with Crippen LogP contribution in [0.4, 0.5) is 0 Å². The van der Waals surface area contributed by atoms with Crippen LogP contribution in [0.5, 0.6) is 0 Å². The highest BCUT2D eigenvalue weighted by Gasteiger charge is 2.00. The zero-order chi connectivity index (χ0) is 9.02. The van der Waals surface area contributed by atoms with Crippen LogP contribution in [-0.4, -0.2) is 31.0 Å². The van der Waals surface area contributed by atoms with Gasteiger partial charge in [0, 0.05) is 6.04 Å². The summed E-state index contributed by atoms with van der Waals surface area (Å²) >= 11 is 0. The Hall–Kier alpha value is -0.830. The van der Waals surface area contributed by atoms with Gasteiger partial charge in [0.15, 0.2) is 0 Å². The Balaban J connectivity index is 4.19. The van der Waals surface area contributed by atoms with E-state index in [0.717, 1.165) is 0 Å². The Morgan fingerprint density at radius 2 is 2.00 bits per heavy atom. The number of carbonyl (C=O) groups is 1. The number of carboxylic acids is 1. The van der Waals surface area contributed by atoms with E-state index < -0.39 is 5.97 Å². The minimum absolute atomic E-state index is 0.132. The second-order valence-corrected chi connectivity index (χ2v) is 2.84. The first-order chi connectivity index (χ1) is 4.95. The van der Waals surface area contributed by atoms with Gasteiger partial charge in [0.05, 0.1) is 5.97 Å². The monoisotopic (exact) mass is 156 g/mol. The second kappa shape index (κ2) is 4.13. The van der Waals surface area contributed by atoms with Crippen molar-refractivity contribution >= 4 is 5.97 Å². The van der Waals surface area contributed by atoms with E-state index in [1.54, 1.807) is 6.08 Å². The molecule has 0 bridgehead atoms. The molecule has 3 nitrogen and oxygen atoms in total. The van der Waals surface area contributed by atoms with E-state index in [1.807, 2.05) is 25.9 Å². The fraction of sp³-hybridized carbons (Fsp3) is 0.625. The van der Waals surface area contributed by atoms with Crippen LogP contribution in [0.25, 0.3) is 0 Å². The fourth-order valence-electron chi connectivity index (χ4n) is 0.579. The minimum Gasteiger partial charge on any atom is -0.545 e. The average Bonchev–Trinajstić information content (AvgIpc) is 1.87. The molecule has 3 heteroatoms. The van der Waals surface area contributed by atoms with E-state index in [9.17, 15) is 9.90 Å². The first-order valence-electron chi connectivity index (χ1n) is 3.51. The zero-order valence-electron chi connectivity index (χ0n) is 7.42. The lowest BCUT2D eigenvalue weighted by molar-refractivity contribution is -0.299. The molecular formula is C8H14NO2-. The van der Waals surface area contributed by atoms with Crippen LogP contribution >= 0.6 is 0 Å². The van der Waals surface area contributed by atoms with E-state index in [-0.39, 0.29) is 11.6 Å². The predicted molar refractivity (Wildman–Crippen MR) is 41.9 cm³/mol. The molecule has 1 unspecified atom stereocenters. The molecule has 64 valence electrons. The van der Waals surface area contributed by atoms with Crippen LogP contribution in [0.1, 0.15) is 13.8 Å². The summed E-state index contributed by atoms with van der Waals surface area (Å²) in [6, 6.07) is 0.132. The molecule has 0 saturated heterocycles. The first kappa shape index (κ1) is 10.2. The van der Waals surface area contributed by atoms with E-state index in [4.69, 9.17) is 0 Å². The van der Waals surface area contributed by atoms with Crippen molar-refractivity contribution in [2.45, 2.75) is 19.9 Å². The van der Waals surface area contributed by atoms with Gasteiger partial charge in [-0.05, 0) is 33.5 Å². The normalized spacial score (nSPS) is 15.2. The maximum atomic E-state index is 10.3. The molecule has 0 N–H and O–H groups in total. The van der Waals surface area contributed by atoms with Crippen molar-refractivity contribution in [2.24, 2.45) is 0 Å². The van der Waals surface area contributed by atoms with Crippen molar-refractivity contribution in [3.05, 3.63) is 11.6 Å². The number of likely N-dealkylation sites (N-methyl/N-ethyl adjacent to an activating group) is 1. The van der Waals surface area contributed by atoms with Gasteiger partial charge in [0.1, 0.15) is 0 Å². The molecule has 0 radical (unpaired) electrons. The molecule has 0 spiro atoms. The third-order valence-corrected chi connectivity index (χ3v) is 1.63. The van der Waals surface area contributed by atoms with Gasteiger partial charge in [-0.25, -0.2) is 0 Å². The lowest BCUT2D eigenvalue weighted by Crippen LogP contribution is -2.27. The standard InChI is InChI=1S/C8H15NO2/c1-6(8(10)11)5-7(2)9(3)4/h5,7H,1-4H3,(H,10,11)/p-1/b6-5+. The van der Waals surface area contributed by atoms with Crippen molar-refractivity contribution in [3.63, 3.8) is 0 Å². The van der Waals surface area contributed by atoms with Gasteiger partial charge < -0.3 is 14.8 Å². The molecule has 0 aliphatic carbocycles. The molecule has 0 aliphatic rings. The van der Waals surface area contributed by atoms with E-state index in [2.05, 4.69) is 0 Å². The summed E-state index contributed by atoms with van der Waals surface area (Å²) in [6.45, 7) is 3.46. The lowest BCUT2D eigenvalue weighted by Gasteiger charge is -2.16. The van der Waals surface area contributed by atoms with Gasteiger partial charge in [0.2, 0.25) is 0 Å². The third-order valence-electron chi connectivity index (χ3n) is 1.63. The zero-order valence-corrected chi connectivity index (χ0v) is 7.42. The summed E-state index contributed by atoms with van der Waals surface area (Å²) in [4.78, 5) is 12.2. The summed E-state index contributed by atoms with van der Waals surface area (Å²) in [6.07, 6.45) is 1.66. The maximum Gasteiger partial charge on any atom is 0.0669 e. The van der Waals surface area contributed by atoms with Crippen LogP contribution in [0, 0.1) is 0 Å². The molecule has 0 aromatic heterocycles. The minimum atomic E-state index is -1.10. The van der Waals surface area contributed by atoms with Gasteiger partial charge in [-0.3, -0.25) is 0 Å². The predicted octanol–water partition coefficient (Wildman–Crippen LogP) is -0.367. The van der Waals surface area contributed by atoms with E-state index >= 15 is 0 Å². The summed E-state index contributed by atoms with van der Waals surface area (Å²) in [5.74, 6) is -1.10. The molecule has 0 heterocycles. The van der Waals surface area contributed by atoms with E-state index in [0.29, 0.717) is 0 Å². The quantitative estimate of drug-likeness (QED) is 0.524. The van der Waals surface area contributed by atoms with Gasteiger partial charge >= 0.3 is 0 Å². The number of hydrogen-bond donors (Lipinski definition) is 0. The van der Waals surface area contributed by atoms with Crippen molar-refractivity contribution in [3.8, 4) is 0 Å². The lowest BCUT2D eigenvalue weighted by atomic mass is 10.2. The van der Waals surface area contributed by atoms with Crippen LogP contribution in [0.15, 0.2) is 11.6 Å². The Morgan fingerprint density at radius 1 is 1.55 bits per heavy atom. The van der Waals surface area contributed by atoms with Crippen LogP contribution in [-0.2, 0) is 4.79 Å². The number of nitrogens with zero attached hydrogens (tertiary/aromatic N) is 1. The largest absolute Gasteiger partial charge is 0.545 e. The smallest absolute Gasteiger partial charge is 0.0669 e. The summed E-state index contributed by atoms with van der Waals surface area (Å²) in [7, 11) is 3.79. The molecule has 11 heavy (non-hydrogen) atoms. The Bertz CT molecular complexity index is 173. The van der Waals surface area contributed by atoms with Crippen LogP contribution in [0.2, 0.25) is 0 Å². The molecule has 0 aromatic rings. The topological polar surface area (TPSA) is 43.4 Å². The Labute approximate surface area is 67.3 Å². The van der Waals surface area contributed by atoms with E-state index in [1.165, 1.54) is 6.92 Å².